The molecule has 1 saturated heterocycles. The van der Waals surface area contributed by atoms with E-state index < -0.39 is 11.1 Å². The molecule has 0 atom stereocenters. The van der Waals surface area contributed by atoms with Crippen LogP contribution in [0.4, 0.5) is 4.79 Å². The Morgan fingerprint density at radius 3 is 2.62 bits per heavy atom. The number of likely N-dealkylation sites (tertiary alicyclic amines) is 1. The Bertz CT molecular complexity index is 1140. The number of amides is 1. The maximum Gasteiger partial charge on any atom is 0.410 e. The first kappa shape index (κ1) is 21.1. The summed E-state index contributed by atoms with van der Waals surface area (Å²) in [5.74, 6) is 0.616. The SMILES string of the molecule is CC(C)(C)OC(=O)N1CC(c2ccc(Br)cn2)(n2cc(-c3cncc(C4CC4)c3)nn2)C1. The lowest BCUT2D eigenvalue weighted by Gasteiger charge is -2.48. The normalized spacial score (nSPS) is 17.7. The van der Waals surface area contributed by atoms with Crippen molar-refractivity contribution < 1.29 is 9.53 Å². The number of rotatable bonds is 4. The lowest BCUT2D eigenvalue weighted by Crippen LogP contribution is -2.65. The highest BCUT2D eigenvalue weighted by molar-refractivity contribution is 9.10. The number of carbonyl (C=O) groups excluding carboxylic acids is 1. The minimum atomic E-state index is -0.607. The molecular formula is C23H25BrN6O2. The highest BCUT2D eigenvalue weighted by Gasteiger charge is 2.51. The topological polar surface area (TPSA) is 86.0 Å². The monoisotopic (exact) mass is 496 g/mol. The second kappa shape index (κ2) is 7.65. The Morgan fingerprint density at radius 1 is 1.19 bits per heavy atom. The lowest BCUT2D eigenvalue weighted by molar-refractivity contribution is -0.0212. The predicted octanol–water partition coefficient (Wildman–Crippen LogP) is 4.37. The number of pyridine rings is 2. The molecule has 0 radical (unpaired) electrons. The van der Waals surface area contributed by atoms with E-state index in [-0.39, 0.29) is 6.09 Å². The average Bonchev–Trinajstić information content (AvgIpc) is 3.45. The van der Waals surface area contributed by atoms with Crippen molar-refractivity contribution in [2.24, 2.45) is 0 Å². The molecule has 0 N–H and O–H groups in total. The Morgan fingerprint density at radius 2 is 1.97 bits per heavy atom. The molecular weight excluding hydrogens is 472 g/mol. The third kappa shape index (κ3) is 4.01. The maximum atomic E-state index is 12.6. The first-order valence-corrected chi connectivity index (χ1v) is 11.5. The number of ether oxygens (including phenoxy) is 1. The summed E-state index contributed by atoms with van der Waals surface area (Å²) in [5, 5.41) is 8.88. The van der Waals surface area contributed by atoms with Gasteiger partial charge in [-0.05, 0) is 79.2 Å². The molecule has 5 rings (SSSR count). The van der Waals surface area contributed by atoms with E-state index in [4.69, 9.17) is 4.74 Å². The van der Waals surface area contributed by atoms with Crippen LogP contribution in [0.2, 0.25) is 0 Å². The highest BCUT2D eigenvalue weighted by atomic mass is 79.9. The van der Waals surface area contributed by atoms with E-state index >= 15 is 0 Å². The van der Waals surface area contributed by atoms with E-state index in [1.165, 1.54) is 18.4 Å². The van der Waals surface area contributed by atoms with Crippen LogP contribution in [0.15, 0.2) is 47.5 Å². The fraction of sp³-hybridized carbons (Fsp3) is 0.435. The van der Waals surface area contributed by atoms with Gasteiger partial charge in [0.2, 0.25) is 0 Å². The van der Waals surface area contributed by atoms with Gasteiger partial charge >= 0.3 is 6.09 Å². The summed E-state index contributed by atoms with van der Waals surface area (Å²) < 4.78 is 8.26. The summed E-state index contributed by atoms with van der Waals surface area (Å²) in [6.07, 6.45) is 9.53. The van der Waals surface area contributed by atoms with Gasteiger partial charge in [0.25, 0.3) is 0 Å². The second-order valence-electron chi connectivity index (χ2n) is 9.56. The Kier molecular flexibility index (Phi) is 5.03. The van der Waals surface area contributed by atoms with Crippen molar-refractivity contribution in [1.29, 1.82) is 0 Å². The molecule has 166 valence electrons. The van der Waals surface area contributed by atoms with Crippen LogP contribution in [0.5, 0.6) is 0 Å². The van der Waals surface area contributed by atoms with E-state index in [1.807, 2.05) is 56.2 Å². The van der Waals surface area contributed by atoms with Crippen molar-refractivity contribution in [3.63, 3.8) is 0 Å². The summed E-state index contributed by atoms with van der Waals surface area (Å²) in [4.78, 5) is 23.3. The summed E-state index contributed by atoms with van der Waals surface area (Å²) >= 11 is 3.45. The third-order valence-corrected chi connectivity index (χ3v) is 6.27. The lowest BCUT2D eigenvalue weighted by atomic mass is 9.86. The molecule has 0 unspecified atom stereocenters. The van der Waals surface area contributed by atoms with Gasteiger partial charge in [-0.3, -0.25) is 9.97 Å². The summed E-state index contributed by atoms with van der Waals surface area (Å²) in [6, 6.07) is 6.05. The first-order chi connectivity index (χ1) is 15.2. The smallest absolute Gasteiger partial charge is 0.410 e. The van der Waals surface area contributed by atoms with Crippen LogP contribution in [-0.2, 0) is 10.3 Å². The van der Waals surface area contributed by atoms with Gasteiger partial charge < -0.3 is 9.64 Å². The van der Waals surface area contributed by atoms with Gasteiger partial charge in [-0.25, -0.2) is 9.48 Å². The largest absolute Gasteiger partial charge is 0.444 e. The molecule has 8 nitrogen and oxygen atoms in total. The molecule has 0 aromatic carbocycles. The van der Waals surface area contributed by atoms with Crippen molar-refractivity contribution in [2.75, 3.05) is 13.1 Å². The van der Waals surface area contributed by atoms with Crippen LogP contribution < -0.4 is 0 Å². The van der Waals surface area contributed by atoms with Crippen molar-refractivity contribution in [2.45, 2.75) is 50.7 Å². The fourth-order valence-corrected chi connectivity index (χ4v) is 4.19. The molecule has 32 heavy (non-hydrogen) atoms. The van der Waals surface area contributed by atoms with Crippen LogP contribution in [0, 0.1) is 0 Å². The van der Waals surface area contributed by atoms with Gasteiger partial charge in [0.05, 0.1) is 25.0 Å². The van der Waals surface area contributed by atoms with Gasteiger partial charge in [-0.2, -0.15) is 0 Å². The van der Waals surface area contributed by atoms with Crippen LogP contribution >= 0.6 is 15.9 Å². The molecule has 3 aromatic rings. The van der Waals surface area contributed by atoms with Crippen molar-refractivity contribution in [3.05, 3.63) is 58.7 Å². The highest BCUT2D eigenvalue weighted by Crippen LogP contribution is 2.41. The summed E-state index contributed by atoms with van der Waals surface area (Å²) in [6.45, 7) is 6.39. The molecule has 1 saturated carbocycles. The maximum absolute atomic E-state index is 12.6. The molecule has 1 amide bonds. The quantitative estimate of drug-likeness (QED) is 0.532. The molecule has 2 aliphatic rings. The molecule has 4 heterocycles. The summed E-state index contributed by atoms with van der Waals surface area (Å²) in [7, 11) is 0. The van der Waals surface area contributed by atoms with Gasteiger partial charge in [0.15, 0.2) is 0 Å². The Balaban J connectivity index is 1.45. The molecule has 0 spiro atoms. The van der Waals surface area contributed by atoms with Gasteiger partial charge in [-0.1, -0.05) is 5.21 Å². The number of hydrogen-bond donors (Lipinski definition) is 0. The fourth-order valence-electron chi connectivity index (χ4n) is 3.96. The van der Waals surface area contributed by atoms with Gasteiger partial charge in [0, 0.05) is 28.6 Å². The standard InChI is InChI=1S/C23H25BrN6O2/c1-22(2,3)32-21(31)29-13-23(14-29,20-7-6-18(24)11-26-20)30-12-19(27-28-30)17-8-16(9-25-10-17)15-4-5-15/h6-12,15H,4-5,13-14H2,1-3H3. The zero-order valence-electron chi connectivity index (χ0n) is 18.3. The molecule has 1 aliphatic carbocycles. The van der Waals surface area contributed by atoms with E-state index in [1.54, 1.807) is 11.1 Å². The predicted molar refractivity (Wildman–Crippen MR) is 122 cm³/mol. The molecule has 0 bridgehead atoms. The Hall–Kier alpha value is -2.81. The molecule has 2 fully saturated rings. The average molecular weight is 497 g/mol. The first-order valence-electron chi connectivity index (χ1n) is 10.7. The van der Waals surface area contributed by atoms with E-state index in [0.717, 1.165) is 21.4 Å². The number of aromatic nitrogens is 5. The van der Waals surface area contributed by atoms with Gasteiger partial charge in [0.1, 0.15) is 16.8 Å². The molecule has 1 aliphatic heterocycles. The zero-order valence-corrected chi connectivity index (χ0v) is 19.9. The number of nitrogens with zero attached hydrogens (tertiary/aromatic N) is 6. The number of halogens is 1. The van der Waals surface area contributed by atoms with Crippen molar-refractivity contribution in [1.82, 2.24) is 29.9 Å². The number of carbonyl (C=O) groups is 1. The third-order valence-electron chi connectivity index (χ3n) is 5.80. The van der Waals surface area contributed by atoms with Crippen LogP contribution in [0.3, 0.4) is 0 Å². The van der Waals surface area contributed by atoms with Crippen molar-refractivity contribution >= 4 is 22.0 Å². The van der Waals surface area contributed by atoms with E-state index in [9.17, 15) is 4.79 Å². The summed E-state index contributed by atoms with van der Waals surface area (Å²) in [5.41, 5.74) is 2.62. The second-order valence-corrected chi connectivity index (χ2v) is 10.5. The minimum absolute atomic E-state index is 0.341. The van der Waals surface area contributed by atoms with Crippen molar-refractivity contribution in [3.8, 4) is 11.3 Å². The Labute approximate surface area is 195 Å². The van der Waals surface area contributed by atoms with E-state index in [0.29, 0.717) is 19.0 Å². The van der Waals surface area contributed by atoms with Gasteiger partial charge in [-0.15, -0.1) is 5.10 Å². The molecule has 9 heteroatoms. The number of hydrogen-bond acceptors (Lipinski definition) is 6. The molecule has 3 aromatic heterocycles. The zero-order chi connectivity index (χ0) is 22.5. The van der Waals surface area contributed by atoms with Crippen LogP contribution in [0.1, 0.15) is 50.8 Å². The minimum Gasteiger partial charge on any atom is -0.444 e. The van der Waals surface area contributed by atoms with E-state index in [2.05, 4.69) is 42.3 Å². The van der Waals surface area contributed by atoms with Crippen LogP contribution in [0.25, 0.3) is 11.3 Å². The van der Waals surface area contributed by atoms with Crippen LogP contribution in [-0.4, -0.2) is 54.6 Å².